The Morgan fingerprint density at radius 1 is 1.10 bits per heavy atom. The predicted molar refractivity (Wildman–Crippen MR) is 89.0 cm³/mol. The number of benzene rings is 2. The highest BCUT2D eigenvalue weighted by Crippen LogP contribution is 2.20. The third kappa shape index (κ3) is 3.93. The standard InChI is InChI=1S/C16H18BrNO2S/c1-12-5-3-4-6-16(12)13(2)18-21(19,20)15-9-7-14(11-17)8-10-15/h3-10,13,18H,11H2,1-2H3. The van der Waals surface area contributed by atoms with Crippen LogP contribution >= 0.6 is 15.9 Å². The lowest BCUT2D eigenvalue weighted by Gasteiger charge is -2.16. The second-order valence-electron chi connectivity index (χ2n) is 4.98. The molecule has 2 aromatic rings. The van der Waals surface area contributed by atoms with Crippen LogP contribution in [-0.4, -0.2) is 8.42 Å². The van der Waals surface area contributed by atoms with E-state index in [1.807, 2.05) is 50.2 Å². The molecule has 0 bridgehead atoms. The number of rotatable bonds is 5. The van der Waals surface area contributed by atoms with Crippen LogP contribution in [-0.2, 0) is 15.4 Å². The minimum atomic E-state index is -3.51. The zero-order valence-corrected chi connectivity index (χ0v) is 14.4. The van der Waals surface area contributed by atoms with Crippen LogP contribution in [0, 0.1) is 6.92 Å². The fourth-order valence-corrected chi connectivity index (χ4v) is 3.79. The monoisotopic (exact) mass is 367 g/mol. The van der Waals surface area contributed by atoms with Gasteiger partial charge in [0.15, 0.2) is 0 Å². The molecule has 5 heteroatoms. The fraction of sp³-hybridized carbons (Fsp3) is 0.250. The van der Waals surface area contributed by atoms with Crippen molar-refractivity contribution in [3.63, 3.8) is 0 Å². The van der Waals surface area contributed by atoms with E-state index in [0.29, 0.717) is 5.33 Å². The lowest BCUT2D eigenvalue weighted by molar-refractivity contribution is 0.566. The summed E-state index contributed by atoms with van der Waals surface area (Å²) in [4.78, 5) is 0.285. The molecule has 0 amide bonds. The minimum Gasteiger partial charge on any atom is -0.207 e. The quantitative estimate of drug-likeness (QED) is 0.813. The van der Waals surface area contributed by atoms with Crippen LogP contribution in [0.4, 0.5) is 0 Å². The Kier molecular flexibility index (Phi) is 5.19. The second-order valence-corrected chi connectivity index (χ2v) is 7.25. The predicted octanol–water partition coefficient (Wildman–Crippen LogP) is 3.93. The van der Waals surface area contributed by atoms with E-state index in [1.54, 1.807) is 12.1 Å². The molecule has 0 aliphatic rings. The summed E-state index contributed by atoms with van der Waals surface area (Å²) < 4.78 is 27.5. The molecule has 21 heavy (non-hydrogen) atoms. The Balaban J connectivity index is 2.22. The molecule has 2 aromatic carbocycles. The molecule has 112 valence electrons. The molecule has 0 saturated heterocycles. The molecule has 3 nitrogen and oxygen atoms in total. The summed E-state index contributed by atoms with van der Waals surface area (Å²) in [6.07, 6.45) is 0. The van der Waals surface area contributed by atoms with Gasteiger partial charge < -0.3 is 0 Å². The molecule has 0 aliphatic carbocycles. The number of nitrogens with one attached hydrogen (secondary N) is 1. The molecule has 2 rings (SSSR count). The van der Waals surface area contributed by atoms with Crippen molar-refractivity contribution in [1.82, 2.24) is 4.72 Å². The summed E-state index contributed by atoms with van der Waals surface area (Å²) in [5.41, 5.74) is 3.10. The van der Waals surface area contributed by atoms with Crippen LogP contribution in [0.2, 0.25) is 0 Å². The first-order chi connectivity index (χ1) is 9.94. The van der Waals surface area contributed by atoms with E-state index in [2.05, 4.69) is 20.7 Å². The minimum absolute atomic E-state index is 0.271. The van der Waals surface area contributed by atoms with E-state index in [4.69, 9.17) is 0 Å². The second kappa shape index (κ2) is 6.73. The van der Waals surface area contributed by atoms with Crippen molar-refractivity contribution in [3.8, 4) is 0 Å². The van der Waals surface area contributed by atoms with Crippen LogP contribution in [0.1, 0.15) is 29.7 Å². The molecular formula is C16H18BrNO2S. The Morgan fingerprint density at radius 3 is 2.29 bits per heavy atom. The van der Waals surface area contributed by atoms with Gasteiger partial charge in [-0.3, -0.25) is 0 Å². The van der Waals surface area contributed by atoms with E-state index in [1.165, 1.54) is 0 Å². The number of sulfonamides is 1. The fourth-order valence-electron chi connectivity index (χ4n) is 2.19. The summed E-state index contributed by atoms with van der Waals surface area (Å²) in [6, 6.07) is 14.4. The number of hydrogen-bond acceptors (Lipinski definition) is 2. The number of aryl methyl sites for hydroxylation is 1. The lowest BCUT2D eigenvalue weighted by atomic mass is 10.0. The Labute approximate surface area is 134 Å². The van der Waals surface area contributed by atoms with Crippen LogP contribution < -0.4 is 4.72 Å². The largest absolute Gasteiger partial charge is 0.241 e. The summed E-state index contributed by atoms with van der Waals surface area (Å²) >= 11 is 3.35. The molecular weight excluding hydrogens is 350 g/mol. The Hall–Kier alpha value is -1.17. The van der Waals surface area contributed by atoms with E-state index in [0.717, 1.165) is 16.7 Å². The van der Waals surface area contributed by atoms with E-state index < -0.39 is 10.0 Å². The highest BCUT2D eigenvalue weighted by Gasteiger charge is 2.19. The van der Waals surface area contributed by atoms with Gasteiger partial charge in [0, 0.05) is 11.4 Å². The van der Waals surface area contributed by atoms with Gasteiger partial charge in [-0.25, -0.2) is 13.1 Å². The topological polar surface area (TPSA) is 46.2 Å². The molecule has 0 aromatic heterocycles. The van der Waals surface area contributed by atoms with E-state index >= 15 is 0 Å². The molecule has 0 aliphatic heterocycles. The maximum atomic E-state index is 12.4. The highest BCUT2D eigenvalue weighted by molar-refractivity contribution is 9.08. The summed E-state index contributed by atoms with van der Waals surface area (Å²) in [5.74, 6) is 0. The maximum Gasteiger partial charge on any atom is 0.241 e. The first-order valence-corrected chi connectivity index (χ1v) is 9.27. The summed E-state index contributed by atoms with van der Waals surface area (Å²) in [7, 11) is -3.51. The van der Waals surface area contributed by atoms with Gasteiger partial charge in [0.05, 0.1) is 4.90 Å². The van der Waals surface area contributed by atoms with Crippen molar-refractivity contribution in [3.05, 3.63) is 65.2 Å². The zero-order valence-electron chi connectivity index (χ0n) is 12.0. The molecule has 1 atom stereocenters. The van der Waals surface area contributed by atoms with Gasteiger partial charge in [0.1, 0.15) is 0 Å². The molecule has 0 radical (unpaired) electrons. The van der Waals surface area contributed by atoms with Crippen LogP contribution in [0.25, 0.3) is 0 Å². The number of halogens is 1. The first kappa shape index (κ1) is 16.2. The van der Waals surface area contributed by atoms with Crippen LogP contribution in [0.15, 0.2) is 53.4 Å². The maximum absolute atomic E-state index is 12.4. The normalized spacial score (nSPS) is 13.1. The van der Waals surface area contributed by atoms with Crippen molar-refractivity contribution < 1.29 is 8.42 Å². The van der Waals surface area contributed by atoms with Crippen molar-refractivity contribution >= 4 is 26.0 Å². The third-order valence-electron chi connectivity index (χ3n) is 3.37. The van der Waals surface area contributed by atoms with Gasteiger partial charge >= 0.3 is 0 Å². The Morgan fingerprint density at radius 2 is 1.71 bits per heavy atom. The smallest absolute Gasteiger partial charge is 0.207 e. The summed E-state index contributed by atoms with van der Waals surface area (Å²) in [5, 5.41) is 0.709. The van der Waals surface area contributed by atoms with E-state index in [9.17, 15) is 8.42 Å². The van der Waals surface area contributed by atoms with Crippen LogP contribution in [0.3, 0.4) is 0 Å². The number of alkyl halides is 1. The van der Waals surface area contributed by atoms with Gasteiger partial charge in [-0.15, -0.1) is 0 Å². The van der Waals surface area contributed by atoms with Gasteiger partial charge in [-0.05, 0) is 42.7 Å². The van der Waals surface area contributed by atoms with Crippen molar-refractivity contribution in [2.24, 2.45) is 0 Å². The molecule has 0 spiro atoms. The molecule has 1 N–H and O–H groups in total. The SMILES string of the molecule is Cc1ccccc1C(C)NS(=O)(=O)c1ccc(CBr)cc1. The van der Waals surface area contributed by atoms with Crippen molar-refractivity contribution in [1.29, 1.82) is 0 Å². The van der Waals surface area contributed by atoms with Gasteiger partial charge in [-0.2, -0.15) is 0 Å². The van der Waals surface area contributed by atoms with E-state index in [-0.39, 0.29) is 10.9 Å². The molecule has 0 saturated carbocycles. The average Bonchev–Trinajstić information content (AvgIpc) is 2.47. The van der Waals surface area contributed by atoms with Crippen molar-refractivity contribution in [2.45, 2.75) is 30.1 Å². The van der Waals surface area contributed by atoms with Gasteiger partial charge in [0.2, 0.25) is 10.0 Å². The number of hydrogen-bond donors (Lipinski definition) is 1. The average molecular weight is 368 g/mol. The molecule has 1 unspecified atom stereocenters. The molecule has 0 heterocycles. The molecule has 0 fully saturated rings. The summed E-state index contributed by atoms with van der Waals surface area (Å²) in [6.45, 7) is 3.83. The zero-order chi connectivity index (χ0) is 15.5. The third-order valence-corrected chi connectivity index (χ3v) is 5.58. The van der Waals surface area contributed by atoms with Gasteiger partial charge in [-0.1, -0.05) is 52.3 Å². The highest BCUT2D eigenvalue weighted by atomic mass is 79.9. The first-order valence-electron chi connectivity index (χ1n) is 6.67. The van der Waals surface area contributed by atoms with Crippen LogP contribution in [0.5, 0.6) is 0 Å². The lowest BCUT2D eigenvalue weighted by Crippen LogP contribution is -2.27. The van der Waals surface area contributed by atoms with Crippen molar-refractivity contribution in [2.75, 3.05) is 0 Å². The Bertz CT molecular complexity index is 711. The van der Waals surface area contributed by atoms with Gasteiger partial charge in [0.25, 0.3) is 0 Å².